The van der Waals surface area contributed by atoms with Gasteiger partial charge in [-0.1, -0.05) is 26.0 Å². The number of hydrogen-bond donors (Lipinski definition) is 0. The van der Waals surface area contributed by atoms with E-state index in [0.29, 0.717) is 17.5 Å². The van der Waals surface area contributed by atoms with E-state index in [1.165, 1.54) is 13.1 Å². The van der Waals surface area contributed by atoms with Gasteiger partial charge in [0.15, 0.2) is 0 Å². The van der Waals surface area contributed by atoms with Gasteiger partial charge in [-0.15, -0.1) is 0 Å². The van der Waals surface area contributed by atoms with Crippen molar-refractivity contribution in [3.05, 3.63) is 23.8 Å². The summed E-state index contributed by atoms with van der Waals surface area (Å²) in [5, 5.41) is 0. The number of benzene rings is 1. The summed E-state index contributed by atoms with van der Waals surface area (Å²) in [6.45, 7) is 19.8. The summed E-state index contributed by atoms with van der Waals surface area (Å²) in [7, 11) is -0.408. The van der Waals surface area contributed by atoms with Crippen molar-refractivity contribution in [3.63, 3.8) is 0 Å². The molecular formula is C27H39BN2O3. The predicted molar refractivity (Wildman–Crippen MR) is 132 cm³/mol. The number of carbonyl (C=O) groups is 1. The Bertz CT molecular complexity index is 996. The molecule has 2 saturated carbocycles. The summed E-state index contributed by atoms with van der Waals surface area (Å²) in [5.41, 5.74) is 2.49. The maximum atomic E-state index is 13.6. The molecule has 1 aromatic carbocycles. The van der Waals surface area contributed by atoms with Crippen molar-refractivity contribution in [2.24, 2.45) is 17.3 Å². The van der Waals surface area contributed by atoms with Crippen LogP contribution in [0.4, 0.5) is 5.69 Å². The van der Waals surface area contributed by atoms with E-state index >= 15 is 0 Å². The second-order valence-corrected chi connectivity index (χ2v) is 13.4. The van der Waals surface area contributed by atoms with E-state index < -0.39 is 12.5 Å². The lowest BCUT2D eigenvalue weighted by atomic mass is 9.76. The third kappa shape index (κ3) is 2.93. The van der Waals surface area contributed by atoms with Crippen LogP contribution in [0, 0.1) is 17.3 Å². The zero-order valence-corrected chi connectivity index (χ0v) is 21.6. The van der Waals surface area contributed by atoms with Crippen LogP contribution in [0.25, 0.3) is 0 Å². The standard InChI is InChI=1S/C27H39BN2O3/c1-24(2)20-14-29(15-21(20)24)17-12-18(13-17)30-22-11-16(9-10-19(22)25(3,4)23(30)31)28-32-26(5,6)27(7,8)33-28/h9-11,17-18,20-21H,12-15H2,1-8H3/t17?,18?,20-,21-/m0/s1. The van der Waals surface area contributed by atoms with Gasteiger partial charge < -0.3 is 14.2 Å². The maximum absolute atomic E-state index is 13.6. The fourth-order valence-corrected chi connectivity index (χ4v) is 6.82. The van der Waals surface area contributed by atoms with Gasteiger partial charge in [0.05, 0.1) is 16.6 Å². The van der Waals surface area contributed by atoms with E-state index in [4.69, 9.17) is 9.31 Å². The SMILES string of the molecule is CC1(C)C(=O)N(C2CC(N3C[C@H]4[C@H](C3)C4(C)C)C2)c2cc(B3OC(C)(C)C(C)(C)O3)ccc21. The molecule has 2 atom stereocenters. The molecular weight excluding hydrogens is 411 g/mol. The Morgan fingerprint density at radius 2 is 1.45 bits per heavy atom. The van der Waals surface area contributed by atoms with Crippen molar-refractivity contribution < 1.29 is 14.1 Å². The van der Waals surface area contributed by atoms with Crippen LogP contribution in [0.1, 0.15) is 73.8 Å². The fraction of sp³-hybridized carbons (Fsp3) is 0.741. The van der Waals surface area contributed by atoms with Crippen molar-refractivity contribution >= 4 is 24.2 Å². The molecule has 2 saturated heterocycles. The summed E-state index contributed by atoms with van der Waals surface area (Å²) in [5.74, 6) is 2.00. The van der Waals surface area contributed by atoms with Crippen LogP contribution < -0.4 is 10.4 Å². The van der Waals surface area contributed by atoms with Crippen molar-refractivity contribution in [2.75, 3.05) is 18.0 Å². The second-order valence-electron chi connectivity index (χ2n) is 13.4. The average Bonchev–Trinajstić information content (AvgIpc) is 3.02. The molecule has 0 bridgehead atoms. The van der Waals surface area contributed by atoms with Crippen molar-refractivity contribution in [3.8, 4) is 0 Å². The average molecular weight is 450 g/mol. The van der Waals surface area contributed by atoms with Gasteiger partial charge in [0, 0.05) is 30.9 Å². The highest BCUT2D eigenvalue weighted by molar-refractivity contribution is 6.62. The molecule has 1 amide bonds. The number of nitrogens with zero attached hydrogens (tertiary/aromatic N) is 2. The minimum Gasteiger partial charge on any atom is -0.399 e. The van der Waals surface area contributed by atoms with Gasteiger partial charge in [-0.25, -0.2) is 0 Å². The summed E-state index contributed by atoms with van der Waals surface area (Å²) in [6, 6.07) is 7.29. The number of hydrogen-bond acceptors (Lipinski definition) is 4. The number of rotatable bonds is 3. The molecule has 1 aromatic rings. The van der Waals surface area contributed by atoms with Crippen molar-refractivity contribution in [1.29, 1.82) is 0 Å². The summed E-state index contributed by atoms with van der Waals surface area (Å²) in [6.07, 6.45) is 2.17. The molecule has 0 unspecified atom stereocenters. The first kappa shape index (κ1) is 22.1. The molecule has 0 spiro atoms. The molecule has 5 nitrogen and oxygen atoms in total. The Morgan fingerprint density at radius 3 is 2.03 bits per heavy atom. The number of fused-ring (bicyclic) bond motifs is 2. The van der Waals surface area contributed by atoms with Crippen LogP contribution in [-0.2, 0) is 19.5 Å². The highest BCUT2D eigenvalue weighted by Gasteiger charge is 2.63. The lowest BCUT2D eigenvalue weighted by molar-refractivity contribution is -0.123. The van der Waals surface area contributed by atoms with Crippen molar-refractivity contribution in [1.82, 2.24) is 4.90 Å². The van der Waals surface area contributed by atoms with E-state index in [-0.39, 0.29) is 17.1 Å². The Morgan fingerprint density at radius 1 is 0.879 bits per heavy atom. The van der Waals surface area contributed by atoms with E-state index in [1.807, 2.05) is 0 Å². The minimum absolute atomic E-state index is 0.234. The fourth-order valence-electron chi connectivity index (χ4n) is 6.82. The normalized spacial score (nSPS) is 37.2. The molecule has 2 aliphatic carbocycles. The zero-order chi connectivity index (χ0) is 23.7. The van der Waals surface area contributed by atoms with E-state index in [9.17, 15) is 4.79 Å². The lowest BCUT2D eigenvalue weighted by Gasteiger charge is -2.46. The second kappa shape index (κ2) is 6.44. The van der Waals surface area contributed by atoms with Gasteiger partial charge >= 0.3 is 7.12 Å². The first-order valence-electron chi connectivity index (χ1n) is 12.8. The number of amides is 1. The van der Waals surface area contributed by atoms with Gasteiger partial charge in [0.25, 0.3) is 0 Å². The van der Waals surface area contributed by atoms with Crippen LogP contribution in [0.3, 0.4) is 0 Å². The highest BCUT2D eigenvalue weighted by atomic mass is 16.7. The number of piperidine rings is 1. The smallest absolute Gasteiger partial charge is 0.399 e. The molecule has 0 N–H and O–H groups in total. The molecule has 178 valence electrons. The third-order valence-electron chi connectivity index (χ3n) is 10.4. The molecule has 3 aliphatic heterocycles. The van der Waals surface area contributed by atoms with Gasteiger partial charge in [-0.2, -0.15) is 0 Å². The van der Waals surface area contributed by atoms with Gasteiger partial charge in [0.1, 0.15) is 0 Å². The van der Waals surface area contributed by atoms with Gasteiger partial charge in [0.2, 0.25) is 5.91 Å². The van der Waals surface area contributed by atoms with Crippen LogP contribution in [0.5, 0.6) is 0 Å². The maximum Gasteiger partial charge on any atom is 0.494 e. The Hall–Kier alpha value is -1.37. The molecule has 6 rings (SSSR count). The Balaban J connectivity index is 1.22. The van der Waals surface area contributed by atoms with Crippen molar-refractivity contribution in [2.45, 2.75) is 96.9 Å². The molecule has 33 heavy (non-hydrogen) atoms. The molecule has 0 aromatic heterocycles. The molecule has 5 aliphatic rings. The predicted octanol–water partition coefficient (Wildman–Crippen LogP) is 3.73. The van der Waals surface area contributed by atoms with Crippen LogP contribution in [0.15, 0.2) is 18.2 Å². The van der Waals surface area contributed by atoms with Gasteiger partial charge in [-0.3, -0.25) is 9.69 Å². The highest BCUT2D eigenvalue weighted by Crippen LogP contribution is 2.63. The van der Waals surface area contributed by atoms with E-state index in [0.717, 1.165) is 41.4 Å². The largest absolute Gasteiger partial charge is 0.494 e. The quantitative estimate of drug-likeness (QED) is 0.659. The third-order valence-corrected chi connectivity index (χ3v) is 10.4. The van der Waals surface area contributed by atoms with E-state index in [1.54, 1.807) is 0 Å². The first-order chi connectivity index (χ1) is 15.2. The minimum atomic E-state index is -0.492. The summed E-state index contributed by atoms with van der Waals surface area (Å²) in [4.78, 5) is 18.4. The van der Waals surface area contributed by atoms with E-state index in [2.05, 4.69) is 83.4 Å². The zero-order valence-electron chi connectivity index (χ0n) is 21.6. The van der Waals surface area contributed by atoms with Gasteiger partial charge in [-0.05, 0) is 88.7 Å². The summed E-state index contributed by atoms with van der Waals surface area (Å²) < 4.78 is 12.6. The topological polar surface area (TPSA) is 42.0 Å². The first-order valence-corrected chi connectivity index (χ1v) is 12.8. The monoisotopic (exact) mass is 450 g/mol. The Kier molecular flexibility index (Phi) is 4.32. The Labute approximate surface area is 199 Å². The van der Waals surface area contributed by atoms with Crippen LogP contribution >= 0.6 is 0 Å². The molecule has 3 heterocycles. The molecule has 6 heteroatoms. The molecule has 0 radical (unpaired) electrons. The number of carbonyl (C=O) groups excluding carboxylic acids is 1. The number of likely N-dealkylation sites (tertiary alicyclic amines) is 1. The lowest BCUT2D eigenvalue weighted by Crippen LogP contribution is -2.56. The molecule has 4 fully saturated rings. The van der Waals surface area contributed by atoms with Crippen LogP contribution in [-0.4, -0.2) is 54.3 Å². The summed E-state index contributed by atoms with van der Waals surface area (Å²) >= 11 is 0. The van der Waals surface area contributed by atoms with Crippen LogP contribution in [0.2, 0.25) is 0 Å². The number of anilines is 1.